The molecule has 0 spiro atoms. The number of aromatic amines is 1. The number of carbonyl (C=O) groups is 1. The Balaban J connectivity index is 1.88. The summed E-state index contributed by atoms with van der Waals surface area (Å²) in [5.41, 5.74) is -0.635. The van der Waals surface area contributed by atoms with Gasteiger partial charge in [0.2, 0.25) is 5.91 Å². The molecular formula is C20H15F3N4O2. The minimum Gasteiger partial charge on any atom is -0.347 e. The zero-order valence-electron chi connectivity index (χ0n) is 15.4. The Hall–Kier alpha value is -3.67. The minimum atomic E-state index is -1.13. The largest absolute Gasteiger partial charge is 0.347 e. The van der Waals surface area contributed by atoms with Gasteiger partial charge in [0.05, 0.1) is 28.7 Å². The molecule has 29 heavy (non-hydrogen) atoms. The summed E-state index contributed by atoms with van der Waals surface area (Å²) in [6.07, 6.45) is 1.18. The van der Waals surface area contributed by atoms with Crippen LogP contribution in [0.3, 0.4) is 0 Å². The molecule has 2 N–H and O–H groups in total. The van der Waals surface area contributed by atoms with E-state index in [-0.39, 0.29) is 27.7 Å². The Morgan fingerprint density at radius 2 is 1.93 bits per heavy atom. The average molecular weight is 400 g/mol. The van der Waals surface area contributed by atoms with Crippen molar-refractivity contribution in [3.05, 3.63) is 75.1 Å². The first-order valence-corrected chi connectivity index (χ1v) is 8.59. The van der Waals surface area contributed by atoms with E-state index in [2.05, 4.69) is 15.3 Å². The van der Waals surface area contributed by atoms with Crippen molar-refractivity contribution in [2.75, 3.05) is 0 Å². The van der Waals surface area contributed by atoms with Crippen LogP contribution < -0.4 is 10.9 Å². The molecule has 3 rings (SSSR count). The number of carbonyl (C=O) groups excluding carboxylic acids is 1. The van der Waals surface area contributed by atoms with E-state index < -0.39 is 40.9 Å². The lowest BCUT2D eigenvalue weighted by atomic mass is 9.99. The van der Waals surface area contributed by atoms with Crippen LogP contribution in [0.5, 0.6) is 0 Å². The van der Waals surface area contributed by atoms with Gasteiger partial charge in [-0.15, -0.1) is 0 Å². The standard InChI is InChI=1S/C20H15F3N4O2/c1-9(12-6-13-16(27-20(12)29)4-3-14(21)17(13)23)19(28)26-10(2)18-15(22)5-11(7-24)8-25-18/h3-6,8-10H,1-2H3,(H,26,28)(H,27,29)/t9-,10-/m0/s1. The van der Waals surface area contributed by atoms with E-state index >= 15 is 0 Å². The van der Waals surface area contributed by atoms with Gasteiger partial charge in [-0.3, -0.25) is 14.6 Å². The molecule has 0 unspecified atom stereocenters. The molecule has 0 bridgehead atoms. The van der Waals surface area contributed by atoms with Crippen LogP contribution in [-0.4, -0.2) is 15.9 Å². The number of hydrogen-bond acceptors (Lipinski definition) is 4. The van der Waals surface area contributed by atoms with Gasteiger partial charge in [-0.2, -0.15) is 5.26 Å². The Bertz CT molecular complexity index is 1220. The number of aromatic nitrogens is 2. The molecule has 3 aromatic rings. The number of nitrogens with one attached hydrogen (secondary N) is 2. The van der Waals surface area contributed by atoms with E-state index in [1.54, 1.807) is 6.07 Å². The van der Waals surface area contributed by atoms with Gasteiger partial charge < -0.3 is 10.3 Å². The summed E-state index contributed by atoms with van der Waals surface area (Å²) < 4.78 is 41.6. The minimum absolute atomic E-state index is 0.0371. The SMILES string of the molecule is C[C@H](NC(=O)[C@@H](C)c1cc2c(F)c(F)ccc2[nH]c1=O)c1ncc(C#N)cc1F. The third-order valence-electron chi connectivity index (χ3n) is 4.57. The summed E-state index contributed by atoms with van der Waals surface area (Å²) in [5.74, 6) is -4.64. The van der Waals surface area contributed by atoms with Crippen LogP contribution in [0.15, 0.2) is 35.3 Å². The topological polar surface area (TPSA) is 98.6 Å². The molecule has 0 saturated heterocycles. The van der Waals surface area contributed by atoms with Crippen LogP contribution in [0.1, 0.15) is 42.6 Å². The predicted octanol–water partition coefficient (Wildman–Crippen LogP) is 3.19. The Kier molecular flexibility index (Phi) is 5.37. The molecule has 1 amide bonds. The second-order valence-electron chi connectivity index (χ2n) is 6.53. The Morgan fingerprint density at radius 3 is 2.59 bits per heavy atom. The summed E-state index contributed by atoms with van der Waals surface area (Å²) in [4.78, 5) is 31.1. The van der Waals surface area contributed by atoms with Gasteiger partial charge in [0.15, 0.2) is 11.6 Å². The highest BCUT2D eigenvalue weighted by Crippen LogP contribution is 2.22. The third-order valence-corrected chi connectivity index (χ3v) is 4.57. The van der Waals surface area contributed by atoms with E-state index in [4.69, 9.17) is 5.26 Å². The molecule has 0 aliphatic heterocycles. The molecule has 148 valence electrons. The van der Waals surface area contributed by atoms with Crippen molar-refractivity contribution in [1.29, 1.82) is 5.26 Å². The lowest BCUT2D eigenvalue weighted by Gasteiger charge is -2.18. The highest BCUT2D eigenvalue weighted by molar-refractivity contribution is 5.86. The second-order valence-corrected chi connectivity index (χ2v) is 6.53. The van der Waals surface area contributed by atoms with Crippen molar-refractivity contribution in [3.63, 3.8) is 0 Å². The predicted molar refractivity (Wildman–Crippen MR) is 98.4 cm³/mol. The number of benzene rings is 1. The fourth-order valence-corrected chi connectivity index (χ4v) is 2.93. The van der Waals surface area contributed by atoms with Gasteiger partial charge in [0.1, 0.15) is 11.9 Å². The van der Waals surface area contributed by atoms with Crippen LogP contribution in [0.4, 0.5) is 13.2 Å². The van der Waals surface area contributed by atoms with Crippen molar-refractivity contribution >= 4 is 16.8 Å². The number of hydrogen-bond donors (Lipinski definition) is 2. The lowest BCUT2D eigenvalue weighted by Crippen LogP contribution is -2.33. The quantitative estimate of drug-likeness (QED) is 0.703. The van der Waals surface area contributed by atoms with Gasteiger partial charge in [-0.05, 0) is 38.1 Å². The molecule has 6 nitrogen and oxygen atoms in total. The molecule has 0 aliphatic carbocycles. The summed E-state index contributed by atoms with van der Waals surface area (Å²) in [5, 5.41) is 11.1. The average Bonchev–Trinajstić information content (AvgIpc) is 2.69. The molecule has 2 atom stereocenters. The van der Waals surface area contributed by atoms with E-state index in [9.17, 15) is 22.8 Å². The maximum atomic E-state index is 14.1. The number of halogens is 3. The number of fused-ring (bicyclic) bond motifs is 1. The molecule has 0 saturated carbocycles. The van der Waals surface area contributed by atoms with E-state index in [1.165, 1.54) is 26.1 Å². The van der Waals surface area contributed by atoms with E-state index in [0.29, 0.717) is 0 Å². The zero-order chi connectivity index (χ0) is 21.3. The first-order valence-electron chi connectivity index (χ1n) is 8.59. The number of nitrogens with zero attached hydrogens (tertiary/aromatic N) is 2. The van der Waals surface area contributed by atoms with Gasteiger partial charge in [-0.25, -0.2) is 13.2 Å². The maximum Gasteiger partial charge on any atom is 0.252 e. The van der Waals surface area contributed by atoms with E-state index in [1.807, 2.05) is 0 Å². The van der Waals surface area contributed by atoms with Gasteiger partial charge in [0.25, 0.3) is 5.56 Å². The normalized spacial score (nSPS) is 13.0. The molecule has 0 fully saturated rings. The molecule has 2 heterocycles. The van der Waals surface area contributed by atoms with Gasteiger partial charge in [0, 0.05) is 17.1 Å². The molecule has 2 aromatic heterocycles. The van der Waals surface area contributed by atoms with Crippen molar-refractivity contribution in [1.82, 2.24) is 15.3 Å². The summed E-state index contributed by atoms with van der Waals surface area (Å²) in [6, 6.07) is 5.15. The number of H-pyrrole nitrogens is 1. The molecule has 0 aliphatic rings. The van der Waals surface area contributed by atoms with Crippen molar-refractivity contribution < 1.29 is 18.0 Å². The van der Waals surface area contributed by atoms with Crippen molar-refractivity contribution in [2.24, 2.45) is 0 Å². The Morgan fingerprint density at radius 1 is 1.21 bits per heavy atom. The number of rotatable bonds is 4. The van der Waals surface area contributed by atoms with Gasteiger partial charge in [-0.1, -0.05) is 0 Å². The summed E-state index contributed by atoms with van der Waals surface area (Å²) in [7, 11) is 0. The lowest BCUT2D eigenvalue weighted by molar-refractivity contribution is -0.122. The second kappa shape index (κ2) is 7.75. The fourth-order valence-electron chi connectivity index (χ4n) is 2.93. The monoisotopic (exact) mass is 400 g/mol. The smallest absolute Gasteiger partial charge is 0.252 e. The summed E-state index contributed by atoms with van der Waals surface area (Å²) >= 11 is 0. The third kappa shape index (κ3) is 3.82. The zero-order valence-corrected chi connectivity index (χ0v) is 15.4. The first-order chi connectivity index (χ1) is 13.7. The fraction of sp³-hybridized carbons (Fsp3) is 0.200. The first kappa shape index (κ1) is 20.1. The number of pyridine rings is 2. The van der Waals surface area contributed by atoms with E-state index in [0.717, 1.165) is 18.2 Å². The van der Waals surface area contributed by atoms with Gasteiger partial charge >= 0.3 is 0 Å². The number of amides is 1. The number of nitriles is 1. The Labute approximate surface area is 163 Å². The molecule has 1 aromatic carbocycles. The van der Waals surface area contributed by atoms with Crippen LogP contribution in [0.2, 0.25) is 0 Å². The highest BCUT2D eigenvalue weighted by Gasteiger charge is 2.23. The molecule has 0 radical (unpaired) electrons. The van der Waals surface area contributed by atoms with Crippen LogP contribution in [0, 0.1) is 28.8 Å². The van der Waals surface area contributed by atoms with Crippen molar-refractivity contribution in [2.45, 2.75) is 25.8 Å². The van der Waals surface area contributed by atoms with Crippen LogP contribution in [-0.2, 0) is 4.79 Å². The van der Waals surface area contributed by atoms with Crippen LogP contribution >= 0.6 is 0 Å². The molecule has 9 heteroatoms. The van der Waals surface area contributed by atoms with Crippen molar-refractivity contribution in [3.8, 4) is 6.07 Å². The summed E-state index contributed by atoms with van der Waals surface area (Å²) in [6.45, 7) is 2.90. The molecular weight excluding hydrogens is 385 g/mol. The highest BCUT2D eigenvalue weighted by atomic mass is 19.2. The van der Waals surface area contributed by atoms with Crippen LogP contribution in [0.25, 0.3) is 10.9 Å². The maximum absolute atomic E-state index is 14.1.